The molecular formula is C11H9N5O4S. The average Bonchev–Trinajstić information content (AvgIpc) is 3.10. The summed E-state index contributed by atoms with van der Waals surface area (Å²) in [7, 11) is -3.83. The molecule has 0 aliphatic carbocycles. The molecule has 0 radical (unpaired) electrons. The molecule has 9 nitrogen and oxygen atoms in total. The molecule has 0 atom stereocenters. The van der Waals surface area contributed by atoms with Gasteiger partial charge in [0.15, 0.2) is 0 Å². The average molecular weight is 307 g/mol. The number of hydrogen-bond acceptors (Lipinski definition) is 8. The van der Waals surface area contributed by atoms with E-state index in [1.807, 2.05) is 0 Å². The summed E-state index contributed by atoms with van der Waals surface area (Å²) < 4.78 is 34.8. The van der Waals surface area contributed by atoms with Crippen molar-refractivity contribution in [3.63, 3.8) is 0 Å². The normalized spacial score (nSPS) is 11.4. The van der Waals surface area contributed by atoms with Gasteiger partial charge >= 0.3 is 10.1 Å². The molecule has 3 aromatic rings. The second kappa shape index (κ2) is 5.32. The lowest BCUT2D eigenvalue weighted by Gasteiger charge is -2.07. The maximum Gasteiger partial charge on any atom is 0.315 e. The fourth-order valence-electron chi connectivity index (χ4n) is 1.63. The van der Waals surface area contributed by atoms with Gasteiger partial charge in [0.1, 0.15) is 29.8 Å². The monoisotopic (exact) mass is 307 g/mol. The largest absolute Gasteiger partial charge is 0.382 e. The summed E-state index contributed by atoms with van der Waals surface area (Å²) >= 11 is 0. The van der Waals surface area contributed by atoms with Crippen molar-refractivity contribution in [2.75, 3.05) is 0 Å². The topological polar surface area (TPSA) is 113 Å². The minimum atomic E-state index is -3.83. The van der Waals surface area contributed by atoms with E-state index in [1.165, 1.54) is 35.5 Å². The van der Waals surface area contributed by atoms with Gasteiger partial charge in [-0.2, -0.15) is 8.42 Å². The number of benzene rings is 1. The SMILES string of the molecule is O=S(=O)(Cc1ccon1)Oc1cccc(-n2cnnn2)c1. The Morgan fingerprint density at radius 2 is 2.19 bits per heavy atom. The molecule has 0 bridgehead atoms. The Hall–Kier alpha value is -2.75. The summed E-state index contributed by atoms with van der Waals surface area (Å²) in [5.41, 5.74) is 0.848. The highest BCUT2D eigenvalue weighted by molar-refractivity contribution is 7.86. The lowest BCUT2D eigenvalue weighted by Crippen LogP contribution is -2.12. The van der Waals surface area contributed by atoms with Crippen LogP contribution < -0.4 is 4.18 Å². The molecule has 0 aliphatic heterocycles. The molecule has 0 aliphatic rings. The van der Waals surface area contributed by atoms with E-state index in [4.69, 9.17) is 4.18 Å². The molecule has 0 saturated carbocycles. The zero-order valence-electron chi connectivity index (χ0n) is 10.5. The van der Waals surface area contributed by atoms with Crippen LogP contribution in [0.4, 0.5) is 0 Å². The Labute approximate surface area is 119 Å². The van der Waals surface area contributed by atoms with Gasteiger partial charge < -0.3 is 8.71 Å². The summed E-state index contributed by atoms with van der Waals surface area (Å²) in [6, 6.07) is 7.84. The van der Waals surface area contributed by atoms with Crippen LogP contribution in [-0.2, 0) is 15.9 Å². The standard InChI is InChI=1S/C11H9N5O4S/c17-21(18,7-9-4-5-19-13-9)20-11-3-1-2-10(6-11)16-8-12-14-15-16/h1-6,8H,7H2. The Bertz CT molecular complexity index is 814. The minimum absolute atomic E-state index is 0.159. The van der Waals surface area contributed by atoms with Crippen molar-refractivity contribution in [3.05, 3.63) is 48.6 Å². The van der Waals surface area contributed by atoms with Gasteiger partial charge in [-0.3, -0.25) is 0 Å². The number of hydrogen-bond donors (Lipinski definition) is 0. The third kappa shape index (κ3) is 3.23. The minimum Gasteiger partial charge on any atom is -0.382 e. The Balaban J connectivity index is 1.80. The molecule has 3 rings (SSSR count). The first-order valence-corrected chi connectivity index (χ1v) is 7.35. The van der Waals surface area contributed by atoms with E-state index in [-0.39, 0.29) is 17.2 Å². The molecule has 108 valence electrons. The van der Waals surface area contributed by atoms with Gasteiger partial charge in [-0.1, -0.05) is 11.2 Å². The number of rotatable bonds is 5. The Kier molecular flexibility index (Phi) is 3.36. The maximum absolute atomic E-state index is 11.9. The van der Waals surface area contributed by atoms with Crippen LogP contribution in [-0.4, -0.2) is 33.8 Å². The van der Waals surface area contributed by atoms with Crippen molar-refractivity contribution in [2.45, 2.75) is 5.75 Å². The van der Waals surface area contributed by atoms with Crippen LogP contribution in [0.15, 0.2) is 47.4 Å². The van der Waals surface area contributed by atoms with Gasteiger partial charge in [0.25, 0.3) is 0 Å². The van der Waals surface area contributed by atoms with Crippen LogP contribution in [0, 0.1) is 0 Å². The predicted molar refractivity (Wildman–Crippen MR) is 68.9 cm³/mol. The highest BCUT2D eigenvalue weighted by Gasteiger charge is 2.16. The smallest absolute Gasteiger partial charge is 0.315 e. The van der Waals surface area contributed by atoms with Crippen molar-refractivity contribution >= 4 is 10.1 Å². The molecule has 2 heterocycles. The molecule has 0 saturated heterocycles. The molecule has 0 amide bonds. The third-order valence-electron chi connectivity index (χ3n) is 2.47. The number of tetrazole rings is 1. The first-order valence-electron chi connectivity index (χ1n) is 5.77. The number of nitrogens with zero attached hydrogens (tertiary/aromatic N) is 5. The Morgan fingerprint density at radius 1 is 1.29 bits per heavy atom. The van der Waals surface area contributed by atoms with E-state index in [2.05, 4.69) is 25.2 Å². The summed E-state index contributed by atoms with van der Waals surface area (Å²) in [4.78, 5) is 0. The van der Waals surface area contributed by atoms with E-state index in [0.29, 0.717) is 5.69 Å². The predicted octanol–water partition coefficient (Wildman–Crippen LogP) is 0.559. The van der Waals surface area contributed by atoms with Gasteiger partial charge in [0.2, 0.25) is 0 Å². The fourth-order valence-corrected chi connectivity index (χ4v) is 2.59. The van der Waals surface area contributed by atoms with Crippen molar-refractivity contribution in [2.24, 2.45) is 0 Å². The number of aromatic nitrogens is 5. The van der Waals surface area contributed by atoms with Crippen molar-refractivity contribution < 1.29 is 17.1 Å². The zero-order valence-corrected chi connectivity index (χ0v) is 11.3. The fraction of sp³-hybridized carbons (Fsp3) is 0.0909. The van der Waals surface area contributed by atoms with Crippen LogP contribution in [0.2, 0.25) is 0 Å². The van der Waals surface area contributed by atoms with E-state index in [1.54, 1.807) is 12.1 Å². The maximum atomic E-state index is 11.9. The summed E-state index contributed by atoms with van der Waals surface area (Å²) in [5.74, 6) is -0.218. The molecular weight excluding hydrogens is 298 g/mol. The van der Waals surface area contributed by atoms with E-state index < -0.39 is 10.1 Å². The second-order valence-electron chi connectivity index (χ2n) is 4.03. The molecule has 0 fully saturated rings. The molecule has 10 heteroatoms. The molecule has 21 heavy (non-hydrogen) atoms. The summed E-state index contributed by atoms with van der Waals surface area (Å²) in [6.45, 7) is 0. The molecule has 1 aromatic carbocycles. The first-order chi connectivity index (χ1) is 10.1. The van der Waals surface area contributed by atoms with E-state index >= 15 is 0 Å². The summed E-state index contributed by atoms with van der Waals surface area (Å²) in [5, 5.41) is 14.3. The van der Waals surface area contributed by atoms with Crippen molar-refractivity contribution in [3.8, 4) is 11.4 Å². The van der Waals surface area contributed by atoms with Crippen LogP contribution in [0.5, 0.6) is 5.75 Å². The van der Waals surface area contributed by atoms with Crippen LogP contribution in [0.1, 0.15) is 5.69 Å². The molecule has 0 unspecified atom stereocenters. The van der Waals surface area contributed by atoms with Gasteiger partial charge in [-0.05, 0) is 22.6 Å². The molecule has 2 aromatic heterocycles. The second-order valence-corrected chi connectivity index (χ2v) is 5.60. The first kappa shape index (κ1) is 13.2. The quantitative estimate of drug-likeness (QED) is 0.628. The Morgan fingerprint density at radius 3 is 2.90 bits per heavy atom. The van der Waals surface area contributed by atoms with E-state index in [9.17, 15) is 8.42 Å². The van der Waals surface area contributed by atoms with Crippen LogP contribution in [0.3, 0.4) is 0 Å². The van der Waals surface area contributed by atoms with E-state index in [0.717, 1.165) is 0 Å². The van der Waals surface area contributed by atoms with Gasteiger partial charge in [0.05, 0.1) is 5.69 Å². The van der Waals surface area contributed by atoms with Crippen LogP contribution >= 0.6 is 0 Å². The highest BCUT2D eigenvalue weighted by Crippen LogP contribution is 2.18. The van der Waals surface area contributed by atoms with Crippen LogP contribution in [0.25, 0.3) is 5.69 Å². The van der Waals surface area contributed by atoms with Crippen molar-refractivity contribution in [1.82, 2.24) is 25.4 Å². The molecule has 0 N–H and O–H groups in total. The van der Waals surface area contributed by atoms with Crippen molar-refractivity contribution in [1.29, 1.82) is 0 Å². The molecule has 0 spiro atoms. The highest BCUT2D eigenvalue weighted by atomic mass is 32.2. The van der Waals surface area contributed by atoms with Gasteiger partial charge in [0, 0.05) is 12.1 Å². The summed E-state index contributed by atoms with van der Waals surface area (Å²) in [6.07, 6.45) is 2.69. The lowest BCUT2D eigenvalue weighted by atomic mass is 10.3. The van der Waals surface area contributed by atoms with Gasteiger partial charge in [-0.25, -0.2) is 4.68 Å². The third-order valence-corrected chi connectivity index (χ3v) is 3.57. The van der Waals surface area contributed by atoms with Gasteiger partial charge in [-0.15, -0.1) is 5.10 Å². The lowest BCUT2D eigenvalue weighted by molar-refractivity contribution is 0.412. The zero-order chi connectivity index (χ0) is 14.7.